The molecule has 1 aliphatic heterocycles. The molecule has 0 saturated carbocycles. The van der Waals surface area contributed by atoms with Crippen molar-refractivity contribution in [3.63, 3.8) is 0 Å². The van der Waals surface area contributed by atoms with Crippen LogP contribution in [0.25, 0.3) is 0 Å². The van der Waals surface area contributed by atoms with Crippen LogP contribution >= 0.6 is 0 Å². The van der Waals surface area contributed by atoms with Gasteiger partial charge in [0.05, 0.1) is 26.4 Å². The summed E-state index contributed by atoms with van der Waals surface area (Å²) in [6.45, 7) is 8.66. The molecule has 1 rings (SSSR count). The van der Waals surface area contributed by atoms with Gasteiger partial charge < -0.3 is 29.5 Å². The molecule has 2 N–H and O–H groups in total. The van der Waals surface area contributed by atoms with Crippen LogP contribution in [0.1, 0.15) is 27.2 Å². The number of aliphatic hydroxyl groups is 1. The predicted molar refractivity (Wildman–Crippen MR) is 87.6 cm³/mol. The normalized spacial score (nSPS) is 18.1. The number of amides is 2. The van der Waals surface area contributed by atoms with Crippen LogP contribution in [0.4, 0.5) is 4.79 Å². The summed E-state index contributed by atoms with van der Waals surface area (Å²) in [5.41, 5.74) is -0.507. The van der Waals surface area contributed by atoms with Gasteiger partial charge in [-0.15, -0.1) is 0 Å². The van der Waals surface area contributed by atoms with Crippen LogP contribution in [0.5, 0.6) is 0 Å². The van der Waals surface area contributed by atoms with Gasteiger partial charge in [-0.1, -0.05) is 0 Å². The maximum absolute atomic E-state index is 11.6. The van der Waals surface area contributed by atoms with E-state index in [1.807, 2.05) is 0 Å². The molecule has 0 bridgehead atoms. The molecule has 1 unspecified atom stereocenters. The quantitative estimate of drug-likeness (QED) is 0.555. The number of aliphatic hydroxyl groups excluding tert-OH is 1. The highest BCUT2D eigenvalue weighted by molar-refractivity contribution is 5.78. The summed E-state index contributed by atoms with van der Waals surface area (Å²) in [6, 6.07) is 0. The third-order valence-corrected chi connectivity index (χ3v) is 3.34. The molecule has 0 spiro atoms. The summed E-state index contributed by atoms with van der Waals surface area (Å²) < 4.78 is 15.8. The van der Waals surface area contributed by atoms with Crippen molar-refractivity contribution in [1.82, 2.24) is 10.2 Å². The molecule has 0 aromatic rings. The molecule has 1 atom stereocenters. The zero-order valence-corrected chi connectivity index (χ0v) is 14.9. The predicted octanol–water partition coefficient (Wildman–Crippen LogP) is 0.385. The second kappa shape index (κ2) is 10.5. The van der Waals surface area contributed by atoms with E-state index in [0.717, 1.165) is 0 Å². The van der Waals surface area contributed by atoms with Crippen LogP contribution in [-0.4, -0.2) is 80.3 Å². The van der Waals surface area contributed by atoms with Gasteiger partial charge in [0.25, 0.3) is 0 Å². The molecule has 1 heterocycles. The topological polar surface area (TPSA) is 97.3 Å². The van der Waals surface area contributed by atoms with E-state index in [1.54, 1.807) is 25.7 Å². The summed E-state index contributed by atoms with van der Waals surface area (Å²) >= 11 is 0. The van der Waals surface area contributed by atoms with Crippen LogP contribution in [0.2, 0.25) is 0 Å². The van der Waals surface area contributed by atoms with Crippen LogP contribution in [0, 0.1) is 5.92 Å². The van der Waals surface area contributed by atoms with Gasteiger partial charge in [0.2, 0.25) is 5.91 Å². The van der Waals surface area contributed by atoms with Gasteiger partial charge in [-0.3, -0.25) is 4.79 Å². The number of nitrogens with one attached hydrogen (secondary N) is 1. The highest BCUT2D eigenvalue weighted by Gasteiger charge is 2.28. The Morgan fingerprint density at radius 1 is 1.25 bits per heavy atom. The SMILES string of the molecule is CC(C)(C)OC(=O)NCCOCCOCCN1CC(CO)CC1=O. The van der Waals surface area contributed by atoms with Crippen LogP contribution in [0.15, 0.2) is 0 Å². The molecule has 0 radical (unpaired) electrons. The maximum Gasteiger partial charge on any atom is 0.407 e. The fraction of sp³-hybridized carbons (Fsp3) is 0.875. The third-order valence-electron chi connectivity index (χ3n) is 3.34. The molecule has 8 heteroatoms. The number of hydrogen-bond donors (Lipinski definition) is 2. The van der Waals surface area contributed by atoms with Gasteiger partial charge in [-0.2, -0.15) is 0 Å². The first-order valence-corrected chi connectivity index (χ1v) is 8.33. The Balaban J connectivity index is 1.91. The number of carbonyl (C=O) groups excluding carboxylic acids is 2. The average molecular weight is 346 g/mol. The van der Waals surface area contributed by atoms with Crippen LogP contribution in [0.3, 0.4) is 0 Å². The Morgan fingerprint density at radius 2 is 1.92 bits per heavy atom. The van der Waals surface area contributed by atoms with Gasteiger partial charge >= 0.3 is 6.09 Å². The van der Waals surface area contributed by atoms with Crippen molar-refractivity contribution in [3.8, 4) is 0 Å². The second-order valence-electron chi connectivity index (χ2n) is 6.75. The first-order chi connectivity index (χ1) is 11.3. The Kier molecular flexibility index (Phi) is 9.02. The summed E-state index contributed by atoms with van der Waals surface area (Å²) in [5, 5.41) is 11.6. The van der Waals surface area contributed by atoms with E-state index in [1.165, 1.54) is 0 Å². The number of ether oxygens (including phenoxy) is 3. The highest BCUT2D eigenvalue weighted by Crippen LogP contribution is 2.16. The minimum absolute atomic E-state index is 0.0499. The fourth-order valence-electron chi connectivity index (χ4n) is 2.23. The van der Waals surface area contributed by atoms with Gasteiger partial charge in [-0.05, 0) is 20.8 Å². The minimum atomic E-state index is -0.507. The maximum atomic E-state index is 11.6. The van der Waals surface area contributed by atoms with Gasteiger partial charge in [0.1, 0.15) is 5.60 Å². The largest absolute Gasteiger partial charge is 0.444 e. The molecule has 1 aliphatic rings. The number of rotatable bonds is 10. The second-order valence-corrected chi connectivity index (χ2v) is 6.75. The lowest BCUT2D eigenvalue weighted by molar-refractivity contribution is -0.128. The fourth-order valence-corrected chi connectivity index (χ4v) is 2.23. The molecule has 140 valence electrons. The number of likely N-dealkylation sites (tertiary alicyclic amines) is 1. The van der Waals surface area contributed by atoms with E-state index < -0.39 is 11.7 Å². The minimum Gasteiger partial charge on any atom is -0.444 e. The van der Waals surface area contributed by atoms with Crippen molar-refractivity contribution in [3.05, 3.63) is 0 Å². The van der Waals surface area contributed by atoms with Gasteiger partial charge in [0, 0.05) is 38.6 Å². The zero-order chi connectivity index (χ0) is 18.0. The van der Waals surface area contributed by atoms with E-state index in [-0.39, 0.29) is 18.4 Å². The lowest BCUT2D eigenvalue weighted by Crippen LogP contribution is -2.34. The smallest absolute Gasteiger partial charge is 0.407 e. The number of alkyl carbamates (subject to hydrolysis) is 1. The molecule has 0 aromatic heterocycles. The van der Waals surface area contributed by atoms with E-state index in [4.69, 9.17) is 19.3 Å². The van der Waals surface area contributed by atoms with Crippen molar-refractivity contribution in [2.75, 3.05) is 52.7 Å². The Morgan fingerprint density at radius 3 is 2.50 bits per heavy atom. The summed E-state index contributed by atoms with van der Waals surface area (Å²) in [6.07, 6.45) is -0.0385. The lowest BCUT2D eigenvalue weighted by Gasteiger charge is -2.19. The van der Waals surface area contributed by atoms with Crippen molar-refractivity contribution in [2.45, 2.75) is 32.8 Å². The van der Waals surface area contributed by atoms with E-state index in [2.05, 4.69) is 5.32 Å². The summed E-state index contributed by atoms with van der Waals surface area (Å²) in [7, 11) is 0. The molecular weight excluding hydrogens is 316 g/mol. The molecule has 0 aromatic carbocycles. The molecule has 2 amide bonds. The first kappa shape index (κ1) is 20.7. The molecule has 0 aliphatic carbocycles. The van der Waals surface area contributed by atoms with Crippen molar-refractivity contribution in [1.29, 1.82) is 0 Å². The van der Waals surface area contributed by atoms with E-state index >= 15 is 0 Å². The summed E-state index contributed by atoms with van der Waals surface area (Å²) in [5.74, 6) is 0.125. The van der Waals surface area contributed by atoms with Crippen LogP contribution in [-0.2, 0) is 19.0 Å². The molecule has 24 heavy (non-hydrogen) atoms. The standard InChI is InChI=1S/C16H30N2O6/c1-16(2,3)24-15(21)17-4-6-22-8-9-23-7-5-18-11-13(12-19)10-14(18)20/h13,19H,4-12H2,1-3H3,(H,17,21). The Labute approximate surface area is 143 Å². The first-order valence-electron chi connectivity index (χ1n) is 8.33. The van der Waals surface area contributed by atoms with Crippen molar-refractivity contribution < 1.29 is 28.9 Å². The highest BCUT2D eigenvalue weighted by atomic mass is 16.6. The van der Waals surface area contributed by atoms with Crippen molar-refractivity contribution in [2.24, 2.45) is 5.92 Å². The monoisotopic (exact) mass is 346 g/mol. The molecular formula is C16H30N2O6. The number of carbonyl (C=O) groups is 2. The molecule has 1 fully saturated rings. The van der Waals surface area contributed by atoms with E-state index in [9.17, 15) is 9.59 Å². The summed E-state index contributed by atoms with van der Waals surface area (Å²) in [4.78, 5) is 24.7. The number of nitrogens with zero attached hydrogens (tertiary/aromatic N) is 1. The zero-order valence-electron chi connectivity index (χ0n) is 14.9. The van der Waals surface area contributed by atoms with Crippen molar-refractivity contribution >= 4 is 12.0 Å². The Bertz CT molecular complexity index is 397. The Hall–Kier alpha value is -1.38. The van der Waals surface area contributed by atoms with E-state index in [0.29, 0.717) is 52.5 Å². The van der Waals surface area contributed by atoms with Gasteiger partial charge in [-0.25, -0.2) is 4.79 Å². The van der Waals surface area contributed by atoms with Crippen LogP contribution < -0.4 is 5.32 Å². The lowest BCUT2D eigenvalue weighted by atomic mass is 10.1. The molecule has 1 saturated heterocycles. The van der Waals surface area contributed by atoms with Gasteiger partial charge in [0.15, 0.2) is 0 Å². The molecule has 8 nitrogen and oxygen atoms in total. The third kappa shape index (κ3) is 9.05. The number of hydrogen-bond acceptors (Lipinski definition) is 6. The average Bonchev–Trinajstić information content (AvgIpc) is 2.84.